The summed E-state index contributed by atoms with van der Waals surface area (Å²) >= 11 is 18.1. The molecule has 0 unspecified atom stereocenters. The van der Waals surface area contributed by atoms with Crippen molar-refractivity contribution in [1.29, 1.82) is 0 Å². The Hall–Kier alpha value is -1.42. The molecule has 0 heterocycles. The molecular formula is C15H12Cl3NO2. The molecule has 110 valence electrons. The van der Waals surface area contributed by atoms with Gasteiger partial charge in [-0.1, -0.05) is 46.9 Å². The number of benzene rings is 2. The zero-order chi connectivity index (χ0) is 15.4. The van der Waals surface area contributed by atoms with Crippen LogP contribution in [0, 0.1) is 0 Å². The predicted octanol–water partition coefficient (Wildman–Crippen LogP) is 5.05. The van der Waals surface area contributed by atoms with E-state index < -0.39 is 5.97 Å². The topological polar surface area (TPSA) is 38.3 Å². The Balaban J connectivity index is 2.25. The number of halogens is 3. The summed E-state index contributed by atoms with van der Waals surface area (Å²) in [7, 11) is 1.33. The molecule has 0 bridgehead atoms. The highest BCUT2D eigenvalue weighted by molar-refractivity contribution is 6.42. The largest absolute Gasteiger partial charge is 0.465 e. The van der Waals surface area contributed by atoms with E-state index in [2.05, 4.69) is 5.32 Å². The number of nitrogens with one attached hydrogen (secondary N) is 1. The van der Waals surface area contributed by atoms with Crippen LogP contribution in [0.5, 0.6) is 0 Å². The van der Waals surface area contributed by atoms with Crippen LogP contribution >= 0.6 is 34.8 Å². The van der Waals surface area contributed by atoms with Crippen molar-refractivity contribution in [3.05, 3.63) is 62.6 Å². The van der Waals surface area contributed by atoms with Crippen molar-refractivity contribution in [1.82, 2.24) is 0 Å². The quantitative estimate of drug-likeness (QED) is 0.789. The lowest BCUT2D eigenvalue weighted by molar-refractivity contribution is 0.0602. The van der Waals surface area contributed by atoms with Gasteiger partial charge in [-0.2, -0.15) is 0 Å². The first-order valence-electron chi connectivity index (χ1n) is 6.07. The molecule has 0 spiro atoms. The number of esters is 1. The highest BCUT2D eigenvalue weighted by Crippen LogP contribution is 2.27. The second kappa shape index (κ2) is 7.03. The molecular weight excluding hydrogens is 333 g/mol. The normalized spacial score (nSPS) is 10.3. The van der Waals surface area contributed by atoms with Crippen molar-refractivity contribution in [2.45, 2.75) is 6.54 Å². The lowest BCUT2D eigenvalue weighted by atomic mass is 10.1. The fraction of sp³-hybridized carbons (Fsp3) is 0.133. The van der Waals surface area contributed by atoms with Gasteiger partial charge >= 0.3 is 5.97 Å². The van der Waals surface area contributed by atoms with E-state index in [1.54, 1.807) is 24.3 Å². The third-order valence-corrected chi connectivity index (χ3v) is 3.98. The van der Waals surface area contributed by atoms with Crippen LogP contribution < -0.4 is 5.32 Å². The van der Waals surface area contributed by atoms with Crippen molar-refractivity contribution >= 4 is 46.5 Å². The molecule has 0 aromatic heterocycles. The molecule has 2 rings (SSSR count). The first-order chi connectivity index (χ1) is 10.0. The molecule has 0 fully saturated rings. The molecule has 0 aliphatic heterocycles. The second-order valence-corrected chi connectivity index (χ2v) is 5.47. The third kappa shape index (κ3) is 3.82. The average Bonchev–Trinajstić information content (AvgIpc) is 2.48. The van der Waals surface area contributed by atoms with Crippen LogP contribution in [0.4, 0.5) is 5.69 Å². The van der Waals surface area contributed by atoms with Crippen LogP contribution in [-0.4, -0.2) is 13.1 Å². The Morgan fingerprint density at radius 1 is 1.19 bits per heavy atom. The Kier molecular flexibility index (Phi) is 5.34. The molecule has 0 aliphatic carbocycles. The van der Waals surface area contributed by atoms with Crippen LogP contribution in [0.2, 0.25) is 15.1 Å². The average molecular weight is 345 g/mol. The van der Waals surface area contributed by atoms with Gasteiger partial charge in [0.25, 0.3) is 0 Å². The molecule has 21 heavy (non-hydrogen) atoms. The van der Waals surface area contributed by atoms with E-state index in [1.807, 2.05) is 12.1 Å². The molecule has 2 aromatic carbocycles. The van der Waals surface area contributed by atoms with Gasteiger partial charge in [-0.3, -0.25) is 0 Å². The highest BCUT2D eigenvalue weighted by atomic mass is 35.5. The van der Waals surface area contributed by atoms with Gasteiger partial charge in [0.15, 0.2) is 0 Å². The Labute approximate surface area is 137 Å². The summed E-state index contributed by atoms with van der Waals surface area (Å²) < 4.78 is 4.74. The SMILES string of the molecule is COC(=O)c1ccc(Cl)cc1NCc1cccc(Cl)c1Cl. The number of hydrogen-bond acceptors (Lipinski definition) is 3. The fourth-order valence-electron chi connectivity index (χ4n) is 1.83. The Bertz CT molecular complexity index is 674. The Morgan fingerprint density at radius 2 is 1.95 bits per heavy atom. The number of hydrogen-bond donors (Lipinski definition) is 1. The number of methoxy groups -OCH3 is 1. The zero-order valence-electron chi connectivity index (χ0n) is 11.1. The van der Waals surface area contributed by atoms with Gasteiger partial charge in [0.05, 0.1) is 28.4 Å². The number of carbonyl (C=O) groups excluding carboxylic acids is 1. The van der Waals surface area contributed by atoms with Crippen LogP contribution in [0.25, 0.3) is 0 Å². The van der Waals surface area contributed by atoms with Gasteiger partial charge in [-0.15, -0.1) is 0 Å². The van der Waals surface area contributed by atoms with Crippen LogP contribution in [0.3, 0.4) is 0 Å². The maximum Gasteiger partial charge on any atom is 0.339 e. The number of ether oxygens (including phenoxy) is 1. The van der Waals surface area contributed by atoms with Crippen LogP contribution in [-0.2, 0) is 11.3 Å². The summed E-state index contributed by atoms with van der Waals surface area (Å²) in [6.45, 7) is 0.406. The van der Waals surface area contributed by atoms with Gasteiger partial charge in [-0.05, 0) is 29.8 Å². The van der Waals surface area contributed by atoms with E-state index in [0.29, 0.717) is 32.9 Å². The molecule has 0 atom stereocenters. The molecule has 3 nitrogen and oxygen atoms in total. The van der Waals surface area contributed by atoms with E-state index in [0.717, 1.165) is 5.56 Å². The van der Waals surface area contributed by atoms with E-state index in [9.17, 15) is 4.79 Å². The maximum atomic E-state index is 11.7. The van der Waals surface area contributed by atoms with E-state index in [1.165, 1.54) is 7.11 Å². The molecule has 2 aromatic rings. The number of rotatable bonds is 4. The van der Waals surface area contributed by atoms with Crippen LogP contribution in [0.1, 0.15) is 15.9 Å². The standard InChI is InChI=1S/C15H12Cl3NO2/c1-21-15(20)11-6-5-10(16)7-13(11)19-8-9-3-2-4-12(17)14(9)18/h2-7,19H,8H2,1H3. The summed E-state index contributed by atoms with van der Waals surface area (Å²) in [5, 5.41) is 4.60. The first kappa shape index (κ1) is 16.0. The summed E-state index contributed by atoms with van der Waals surface area (Å²) in [5.74, 6) is -0.439. The van der Waals surface area contributed by atoms with Gasteiger partial charge in [0.2, 0.25) is 0 Å². The predicted molar refractivity (Wildman–Crippen MR) is 86.6 cm³/mol. The summed E-state index contributed by atoms with van der Waals surface area (Å²) in [4.78, 5) is 11.7. The van der Waals surface area contributed by atoms with Gasteiger partial charge < -0.3 is 10.1 Å². The third-order valence-electron chi connectivity index (χ3n) is 2.89. The summed E-state index contributed by atoms with van der Waals surface area (Å²) in [6.07, 6.45) is 0. The first-order valence-corrected chi connectivity index (χ1v) is 7.21. The molecule has 0 radical (unpaired) electrons. The smallest absolute Gasteiger partial charge is 0.339 e. The second-order valence-electron chi connectivity index (χ2n) is 4.25. The Morgan fingerprint density at radius 3 is 2.67 bits per heavy atom. The van der Waals surface area contributed by atoms with Crippen molar-refractivity contribution in [3.63, 3.8) is 0 Å². The number of carbonyl (C=O) groups is 1. The molecule has 0 saturated heterocycles. The van der Waals surface area contributed by atoms with Crippen molar-refractivity contribution in [3.8, 4) is 0 Å². The number of anilines is 1. The maximum absolute atomic E-state index is 11.7. The van der Waals surface area contributed by atoms with Crippen molar-refractivity contribution < 1.29 is 9.53 Å². The zero-order valence-corrected chi connectivity index (χ0v) is 13.4. The minimum Gasteiger partial charge on any atom is -0.465 e. The molecule has 6 heteroatoms. The molecule has 0 saturated carbocycles. The highest BCUT2D eigenvalue weighted by Gasteiger charge is 2.13. The van der Waals surface area contributed by atoms with Gasteiger partial charge in [-0.25, -0.2) is 4.79 Å². The summed E-state index contributed by atoms with van der Waals surface area (Å²) in [6, 6.07) is 10.3. The van der Waals surface area contributed by atoms with Crippen LogP contribution in [0.15, 0.2) is 36.4 Å². The van der Waals surface area contributed by atoms with E-state index in [-0.39, 0.29) is 0 Å². The van der Waals surface area contributed by atoms with E-state index >= 15 is 0 Å². The minimum absolute atomic E-state index is 0.403. The van der Waals surface area contributed by atoms with E-state index in [4.69, 9.17) is 39.5 Å². The lowest BCUT2D eigenvalue weighted by Crippen LogP contribution is -2.08. The molecule has 1 N–H and O–H groups in total. The lowest BCUT2D eigenvalue weighted by Gasteiger charge is -2.12. The van der Waals surface area contributed by atoms with Gasteiger partial charge in [0.1, 0.15) is 0 Å². The minimum atomic E-state index is -0.439. The molecule has 0 amide bonds. The monoisotopic (exact) mass is 343 g/mol. The summed E-state index contributed by atoms with van der Waals surface area (Å²) in [5.41, 5.74) is 1.80. The van der Waals surface area contributed by atoms with Gasteiger partial charge in [0, 0.05) is 11.6 Å². The van der Waals surface area contributed by atoms with Crippen molar-refractivity contribution in [2.75, 3.05) is 12.4 Å². The fourth-order valence-corrected chi connectivity index (χ4v) is 2.39. The molecule has 0 aliphatic rings. The van der Waals surface area contributed by atoms with Crippen molar-refractivity contribution in [2.24, 2.45) is 0 Å².